The zero-order valence-electron chi connectivity index (χ0n) is 53.9. The van der Waals surface area contributed by atoms with Crippen molar-refractivity contribution in [2.75, 3.05) is 65.3 Å². The van der Waals surface area contributed by atoms with Crippen molar-refractivity contribution in [2.45, 2.75) is 160 Å². The average molecular weight is 1280 g/mol. The van der Waals surface area contributed by atoms with Gasteiger partial charge in [0.05, 0.1) is 37.5 Å². The number of rotatable bonds is 35. The third kappa shape index (κ3) is 18.0. The summed E-state index contributed by atoms with van der Waals surface area (Å²) in [5, 5.41) is 5.81. The fourth-order valence-electron chi connectivity index (χ4n) is 12.5. The van der Waals surface area contributed by atoms with Crippen molar-refractivity contribution in [3.8, 4) is 0 Å². The van der Waals surface area contributed by atoms with E-state index in [1.165, 1.54) is 112 Å². The highest BCUT2D eigenvalue weighted by atomic mass is 31.2. The molecule has 22 heteroatoms. The van der Waals surface area contributed by atoms with E-state index < -0.39 is 61.0 Å². The lowest BCUT2D eigenvalue weighted by molar-refractivity contribution is -0.160. The molecule has 2 saturated heterocycles. The number of aryl methyl sites for hydroxylation is 1. The van der Waals surface area contributed by atoms with Crippen LogP contribution in [0, 0.1) is 6.92 Å². The predicted octanol–water partition coefficient (Wildman–Crippen LogP) is 11.7. The molecule has 0 radical (unpaired) electrons. The number of aromatic amines is 1. The van der Waals surface area contributed by atoms with E-state index in [0.717, 1.165) is 36.0 Å². The van der Waals surface area contributed by atoms with Crippen LogP contribution in [0.25, 0.3) is 11.2 Å². The van der Waals surface area contributed by atoms with E-state index >= 15 is 4.57 Å². The van der Waals surface area contributed by atoms with Gasteiger partial charge in [0.2, 0.25) is 5.91 Å². The number of ether oxygens (including phenoxy) is 3. The van der Waals surface area contributed by atoms with Gasteiger partial charge in [-0.15, -0.1) is 0 Å². The number of esters is 1. The third-order valence-electron chi connectivity index (χ3n) is 17.4. The van der Waals surface area contributed by atoms with Crippen molar-refractivity contribution in [3.63, 3.8) is 0 Å². The van der Waals surface area contributed by atoms with Crippen molar-refractivity contribution in [3.05, 3.63) is 189 Å². The highest BCUT2D eigenvalue weighted by Gasteiger charge is 2.48. The first-order valence-electron chi connectivity index (χ1n) is 33.0. The van der Waals surface area contributed by atoms with Crippen LogP contribution < -0.4 is 21.9 Å². The average Bonchev–Trinajstić information content (AvgIpc) is 0.886. The largest absolute Gasteiger partial charge is 0.463 e. The molecule has 5 heterocycles. The van der Waals surface area contributed by atoms with Crippen molar-refractivity contribution >= 4 is 42.4 Å². The van der Waals surface area contributed by atoms with Crippen LogP contribution in [0.3, 0.4) is 0 Å². The molecule has 21 nitrogen and oxygen atoms in total. The van der Waals surface area contributed by atoms with Crippen molar-refractivity contribution < 1.29 is 37.7 Å². The highest BCUT2D eigenvalue weighted by Crippen LogP contribution is 2.55. The number of carbonyl (C=O) groups is 3. The van der Waals surface area contributed by atoms with Gasteiger partial charge in [-0.05, 0) is 56.3 Å². The van der Waals surface area contributed by atoms with Gasteiger partial charge in [0, 0.05) is 49.9 Å². The first-order valence-corrected chi connectivity index (χ1v) is 34.5. The van der Waals surface area contributed by atoms with Crippen molar-refractivity contribution in [1.82, 2.24) is 48.6 Å². The fourth-order valence-corrected chi connectivity index (χ4v) is 14.5. The molecule has 0 bridgehead atoms. The number of aromatic nitrogens is 6. The summed E-state index contributed by atoms with van der Waals surface area (Å²) in [7, 11) is -0.832. The Hall–Kier alpha value is -7.49. The molecule has 0 saturated carbocycles. The van der Waals surface area contributed by atoms with Crippen LogP contribution in [0.15, 0.2) is 150 Å². The normalized spacial score (nSPS) is 18.0. The quantitative estimate of drug-likeness (QED) is 0.0145. The Balaban J connectivity index is 0.897. The molecule has 5 atom stereocenters. The number of anilines is 1. The lowest BCUT2D eigenvalue weighted by atomic mass is 9.75. The summed E-state index contributed by atoms with van der Waals surface area (Å²) >= 11 is 0. The van der Waals surface area contributed by atoms with Gasteiger partial charge in [-0.1, -0.05) is 212 Å². The van der Waals surface area contributed by atoms with Crippen LogP contribution in [0.5, 0.6) is 0 Å². The topological polar surface area (TPSA) is 237 Å². The van der Waals surface area contributed by atoms with Gasteiger partial charge in [0.25, 0.3) is 11.5 Å². The van der Waals surface area contributed by atoms with Crippen LogP contribution in [0.4, 0.5) is 5.82 Å². The number of carbonyl (C=O) groups excluding carboxylic acids is 3. The number of nitrogens with zero attached hydrogens (tertiary/aromatic N) is 8. The number of benzene rings is 4. The summed E-state index contributed by atoms with van der Waals surface area (Å²) in [5.41, 5.74) is 1.97. The molecule has 0 spiro atoms. The molecule has 7 aromatic rings. The van der Waals surface area contributed by atoms with Gasteiger partial charge in [-0.2, -0.15) is 0 Å². The molecule has 1 unspecified atom stereocenters. The summed E-state index contributed by atoms with van der Waals surface area (Å²) in [6, 6.07) is 39.0. The fraction of sp³-hybridized carbons (Fsp3) is 0.486. The number of hydrogen-bond donors (Lipinski definition) is 3. The molecule has 2 amide bonds. The van der Waals surface area contributed by atoms with Crippen molar-refractivity contribution in [1.29, 1.82) is 0 Å². The molecule has 3 aromatic heterocycles. The maximum Gasteiger partial charge on any atom is 0.345 e. The molecule has 2 fully saturated rings. The van der Waals surface area contributed by atoms with E-state index in [1.807, 2.05) is 60.7 Å². The van der Waals surface area contributed by atoms with Gasteiger partial charge in [0.15, 0.2) is 29.4 Å². The molecule has 2 aliphatic rings. The number of morpholine rings is 2. The smallest absolute Gasteiger partial charge is 0.345 e. The Morgan fingerprint density at radius 3 is 1.75 bits per heavy atom. The van der Waals surface area contributed by atoms with Crippen LogP contribution >= 0.6 is 7.67 Å². The highest BCUT2D eigenvalue weighted by molar-refractivity contribution is 7.53. The summed E-state index contributed by atoms with van der Waals surface area (Å²) in [5.74, 6) is -1.08. The molecule has 2 aliphatic heterocycles. The maximum atomic E-state index is 16.1. The second kappa shape index (κ2) is 34.4. The minimum atomic E-state index is -4.13. The van der Waals surface area contributed by atoms with E-state index in [0.29, 0.717) is 23.3 Å². The minimum absolute atomic E-state index is 0.0372. The zero-order chi connectivity index (χ0) is 64.7. The SMILES string of the molecule is CCCCCCCCCCCCCCCCCCNC(=O)CCC(=O)OC[C@@H]1CN(P(=O)(OC[C@@H]2CN(C(c3ccccc3)(c3ccccc3)c3ccccc3)C[C@H](n3cc(C)c(=O)[nH]c3=O)O2)N(C)C)C[C@H](n2cnc3c(NC(=O)c4ccccc4)ncnc32)O1. The number of nitrogens with one attached hydrogen (secondary N) is 3. The second-order valence-electron chi connectivity index (χ2n) is 24.3. The minimum Gasteiger partial charge on any atom is -0.463 e. The molecular weight excluding hydrogens is 1190 g/mol. The maximum absolute atomic E-state index is 16.1. The van der Waals surface area contributed by atoms with Crippen molar-refractivity contribution in [2.24, 2.45) is 0 Å². The molecule has 492 valence electrons. The molecule has 0 aliphatic carbocycles. The van der Waals surface area contributed by atoms with E-state index in [9.17, 15) is 24.0 Å². The Labute approximate surface area is 540 Å². The molecule has 92 heavy (non-hydrogen) atoms. The molecule has 3 N–H and O–H groups in total. The van der Waals surface area contributed by atoms with Crippen LogP contribution in [-0.4, -0.2) is 133 Å². The third-order valence-corrected chi connectivity index (χ3v) is 19.9. The summed E-state index contributed by atoms with van der Waals surface area (Å²) in [4.78, 5) is 84.8. The number of imidazole rings is 1. The van der Waals surface area contributed by atoms with E-state index in [-0.39, 0.29) is 69.5 Å². The van der Waals surface area contributed by atoms with Crippen LogP contribution in [0.1, 0.15) is 168 Å². The zero-order valence-corrected chi connectivity index (χ0v) is 54.8. The molecular formula is C70H92N11O10P. The Bertz CT molecular complexity index is 3520. The standard InChI is InChI=1S/C70H92N11O10P/c1-5-6-7-8-9-10-11-12-13-14-15-16-17-18-19-32-43-71-60(82)41-42-63(83)88-49-59-46-79(48-62(91-59)81-52-74-64-65(72-51-73-66(64)81)75-68(85)54-33-24-20-25-34-54)92(87,77(3)4)89-50-58-45-78(47-61(90-58)80-44-53(2)67(84)76-69(80)86)70(55-35-26-21-27-36-55,56-37-28-22-29-38-56)57-39-30-23-31-40-57/h20-31,33-40,44,51-52,58-59,61-62H,5-19,32,41-43,45-50H2,1-4H3,(H,71,82)(H,76,84,86)(H,72,73,75,85)/t58-,59-,61+,62+,92?/m0/s1. The van der Waals surface area contributed by atoms with Gasteiger partial charge in [0.1, 0.15) is 19.0 Å². The van der Waals surface area contributed by atoms with E-state index in [4.69, 9.17) is 18.7 Å². The number of H-pyrrole nitrogens is 1. The first-order chi connectivity index (χ1) is 44.8. The van der Waals surface area contributed by atoms with Crippen LogP contribution in [0.2, 0.25) is 0 Å². The predicted molar refractivity (Wildman–Crippen MR) is 356 cm³/mol. The Morgan fingerprint density at radius 2 is 1.18 bits per heavy atom. The summed E-state index contributed by atoms with van der Waals surface area (Å²) in [6.45, 7) is 4.21. The number of amides is 2. The van der Waals surface area contributed by atoms with Crippen LogP contribution in [-0.2, 0) is 38.4 Å². The van der Waals surface area contributed by atoms with Gasteiger partial charge < -0.3 is 29.4 Å². The monoisotopic (exact) mass is 1280 g/mol. The summed E-state index contributed by atoms with van der Waals surface area (Å²) < 4.78 is 48.6. The number of fused-ring (bicyclic) bond motifs is 1. The molecule has 4 aromatic carbocycles. The number of hydrogen-bond acceptors (Lipinski definition) is 14. The van der Waals surface area contributed by atoms with Gasteiger partial charge in [-0.25, -0.2) is 29.1 Å². The van der Waals surface area contributed by atoms with Gasteiger partial charge >= 0.3 is 19.3 Å². The lowest BCUT2D eigenvalue weighted by Crippen LogP contribution is -2.58. The summed E-state index contributed by atoms with van der Waals surface area (Å²) in [6.07, 6.45) is 20.7. The van der Waals surface area contributed by atoms with E-state index in [2.05, 4.69) is 78.8 Å². The lowest BCUT2D eigenvalue weighted by Gasteiger charge is -2.51. The Kier molecular flexibility index (Phi) is 25.8. The second-order valence-corrected chi connectivity index (χ2v) is 26.9. The first kappa shape index (κ1) is 68.9. The van der Waals surface area contributed by atoms with E-state index in [1.54, 1.807) is 54.5 Å². The van der Waals surface area contributed by atoms with Gasteiger partial charge in [-0.3, -0.25) is 42.8 Å². The Morgan fingerprint density at radius 1 is 0.652 bits per heavy atom. The molecule has 9 rings (SSSR count). The number of unbranched alkanes of at least 4 members (excludes halogenated alkanes) is 15.